The van der Waals surface area contributed by atoms with Crippen molar-refractivity contribution in [3.05, 3.63) is 0 Å². The van der Waals surface area contributed by atoms with Gasteiger partial charge in [-0.3, -0.25) is 4.79 Å². The molecule has 0 aliphatic heterocycles. The first-order valence-electron chi connectivity index (χ1n) is 5.69. The van der Waals surface area contributed by atoms with Crippen LogP contribution in [-0.4, -0.2) is 51.4 Å². The van der Waals surface area contributed by atoms with E-state index in [1.54, 1.807) is 11.9 Å². The third kappa shape index (κ3) is 8.15. The molecule has 0 radical (unpaired) electrons. The Kier molecular flexibility index (Phi) is 6.12. The highest BCUT2D eigenvalue weighted by molar-refractivity contribution is 7.90. The van der Waals surface area contributed by atoms with Crippen molar-refractivity contribution in [1.82, 2.24) is 4.90 Å². The van der Waals surface area contributed by atoms with Gasteiger partial charge in [0.05, 0.1) is 5.75 Å². The van der Waals surface area contributed by atoms with E-state index < -0.39 is 9.84 Å². The third-order valence-electron chi connectivity index (χ3n) is 2.55. The van der Waals surface area contributed by atoms with Crippen LogP contribution < -0.4 is 5.73 Å². The predicted molar refractivity (Wildman–Crippen MR) is 69.4 cm³/mol. The number of sulfone groups is 1. The maximum Gasteiger partial charge on any atom is 0.222 e. The zero-order valence-corrected chi connectivity index (χ0v) is 12.0. The Balaban J connectivity index is 4.07. The standard InChI is InChI=1S/C11H24N2O3S/c1-11(2,8-12)9-13(3)10(14)6-5-7-17(4,15)16/h5-9,12H2,1-4H3. The van der Waals surface area contributed by atoms with Gasteiger partial charge < -0.3 is 10.6 Å². The molecule has 0 spiro atoms. The van der Waals surface area contributed by atoms with Gasteiger partial charge in [0.25, 0.3) is 0 Å². The van der Waals surface area contributed by atoms with Gasteiger partial charge in [-0.25, -0.2) is 8.42 Å². The van der Waals surface area contributed by atoms with E-state index in [0.29, 0.717) is 19.5 Å². The van der Waals surface area contributed by atoms with Crippen molar-refractivity contribution in [2.24, 2.45) is 11.1 Å². The Labute approximate surface area is 104 Å². The maximum absolute atomic E-state index is 11.7. The average molecular weight is 264 g/mol. The van der Waals surface area contributed by atoms with Gasteiger partial charge in [-0.2, -0.15) is 0 Å². The van der Waals surface area contributed by atoms with Crippen LogP contribution >= 0.6 is 0 Å². The van der Waals surface area contributed by atoms with Gasteiger partial charge in [0, 0.05) is 26.3 Å². The molecular formula is C11H24N2O3S. The summed E-state index contributed by atoms with van der Waals surface area (Å²) in [7, 11) is -1.25. The van der Waals surface area contributed by atoms with E-state index in [4.69, 9.17) is 5.73 Å². The first-order chi connectivity index (χ1) is 7.57. The summed E-state index contributed by atoms with van der Waals surface area (Å²) in [4.78, 5) is 13.3. The maximum atomic E-state index is 11.7. The highest BCUT2D eigenvalue weighted by atomic mass is 32.2. The van der Waals surface area contributed by atoms with Crippen molar-refractivity contribution in [2.45, 2.75) is 26.7 Å². The first-order valence-corrected chi connectivity index (χ1v) is 7.75. The molecule has 17 heavy (non-hydrogen) atoms. The quantitative estimate of drug-likeness (QED) is 0.715. The minimum absolute atomic E-state index is 0.0322. The number of carbonyl (C=O) groups is 1. The molecule has 0 rings (SSSR count). The summed E-state index contributed by atoms with van der Waals surface area (Å²) in [6, 6.07) is 0. The topological polar surface area (TPSA) is 80.5 Å². The van der Waals surface area contributed by atoms with Crippen molar-refractivity contribution in [3.63, 3.8) is 0 Å². The number of amides is 1. The highest BCUT2D eigenvalue weighted by Crippen LogP contribution is 2.14. The summed E-state index contributed by atoms with van der Waals surface area (Å²) < 4.78 is 21.8. The Morgan fingerprint density at radius 3 is 2.29 bits per heavy atom. The molecule has 0 aromatic rings. The lowest BCUT2D eigenvalue weighted by Crippen LogP contribution is -2.39. The minimum Gasteiger partial charge on any atom is -0.345 e. The summed E-state index contributed by atoms with van der Waals surface area (Å²) in [6.45, 7) is 5.08. The summed E-state index contributed by atoms with van der Waals surface area (Å²) in [5.41, 5.74) is 5.48. The number of hydrogen-bond acceptors (Lipinski definition) is 4. The molecule has 0 aliphatic rings. The van der Waals surface area contributed by atoms with Crippen LogP contribution in [0.2, 0.25) is 0 Å². The molecule has 1 amide bonds. The minimum atomic E-state index is -2.98. The van der Waals surface area contributed by atoms with Crippen LogP contribution in [-0.2, 0) is 14.6 Å². The SMILES string of the molecule is CN(CC(C)(C)CN)C(=O)CCCS(C)(=O)=O. The van der Waals surface area contributed by atoms with E-state index in [9.17, 15) is 13.2 Å². The Bertz CT molecular complexity index is 350. The molecule has 0 fully saturated rings. The zero-order chi connectivity index (χ0) is 13.7. The average Bonchev–Trinajstić information content (AvgIpc) is 2.15. The van der Waals surface area contributed by atoms with E-state index in [1.807, 2.05) is 13.8 Å². The normalized spacial score (nSPS) is 12.5. The second-order valence-electron chi connectivity index (χ2n) is 5.35. The number of nitrogens with zero attached hydrogens (tertiary/aromatic N) is 1. The lowest BCUT2D eigenvalue weighted by Gasteiger charge is -2.29. The molecule has 0 saturated heterocycles. The predicted octanol–water partition coefficient (Wildman–Crippen LogP) is 0.255. The molecule has 0 unspecified atom stereocenters. The van der Waals surface area contributed by atoms with Gasteiger partial charge in [-0.15, -0.1) is 0 Å². The molecule has 2 N–H and O–H groups in total. The molecule has 0 bridgehead atoms. The van der Waals surface area contributed by atoms with E-state index in [0.717, 1.165) is 0 Å². The third-order valence-corrected chi connectivity index (χ3v) is 3.58. The number of hydrogen-bond donors (Lipinski definition) is 1. The molecular weight excluding hydrogens is 240 g/mol. The highest BCUT2D eigenvalue weighted by Gasteiger charge is 2.20. The molecule has 0 atom stereocenters. The summed E-state index contributed by atoms with van der Waals surface area (Å²) >= 11 is 0. The van der Waals surface area contributed by atoms with Crippen molar-refractivity contribution in [3.8, 4) is 0 Å². The largest absolute Gasteiger partial charge is 0.345 e. The molecule has 102 valence electrons. The van der Waals surface area contributed by atoms with Gasteiger partial charge in [-0.1, -0.05) is 13.8 Å². The number of nitrogens with two attached hydrogens (primary N) is 1. The smallest absolute Gasteiger partial charge is 0.222 e. The lowest BCUT2D eigenvalue weighted by molar-refractivity contribution is -0.131. The Hall–Kier alpha value is -0.620. The second-order valence-corrected chi connectivity index (χ2v) is 7.61. The molecule has 0 aromatic heterocycles. The van der Waals surface area contributed by atoms with E-state index in [2.05, 4.69) is 0 Å². The van der Waals surface area contributed by atoms with Gasteiger partial charge in [0.15, 0.2) is 0 Å². The van der Waals surface area contributed by atoms with Gasteiger partial charge in [-0.05, 0) is 18.4 Å². The number of rotatable bonds is 7. The van der Waals surface area contributed by atoms with Gasteiger partial charge in [0.1, 0.15) is 9.84 Å². The van der Waals surface area contributed by atoms with Crippen LogP contribution in [0.1, 0.15) is 26.7 Å². The number of carbonyl (C=O) groups excluding carboxylic acids is 1. The Morgan fingerprint density at radius 2 is 1.88 bits per heavy atom. The first kappa shape index (κ1) is 16.4. The van der Waals surface area contributed by atoms with Crippen molar-refractivity contribution in [2.75, 3.05) is 32.1 Å². The molecule has 6 heteroatoms. The fourth-order valence-corrected chi connectivity index (χ4v) is 2.14. The van der Waals surface area contributed by atoms with Gasteiger partial charge >= 0.3 is 0 Å². The van der Waals surface area contributed by atoms with Crippen LogP contribution in [0, 0.1) is 5.41 Å². The molecule has 0 aliphatic carbocycles. The van der Waals surface area contributed by atoms with Gasteiger partial charge in [0.2, 0.25) is 5.91 Å². The summed E-state index contributed by atoms with van der Waals surface area (Å²) in [5.74, 6) is 0.0301. The Morgan fingerprint density at radius 1 is 1.35 bits per heavy atom. The van der Waals surface area contributed by atoms with Crippen LogP contribution in [0.5, 0.6) is 0 Å². The van der Waals surface area contributed by atoms with Crippen LogP contribution in [0.15, 0.2) is 0 Å². The van der Waals surface area contributed by atoms with Crippen molar-refractivity contribution < 1.29 is 13.2 Å². The molecule has 0 aromatic carbocycles. The second kappa shape index (κ2) is 6.35. The summed E-state index contributed by atoms with van der Waals surface area (Å²) in [5, 5.41) is 0. The molecule has 5 nitrogen and oxygen atoms in total. The monoisotopic (exact) mass is 264 g/mol. The summed E-state index contributed by atoms with van der Waals surface area (Å²) in [6.07, 6.45) is 1.83. The van der Waals surface area contributed by atoms with Crippen LogP contribution in [0.25, 0.3) is 0 Å². The van der Waals surface area contributed by atoms with Crippen LogP contribution in [0.4, 0.5) is 0 Å². The van der Waals surface area contributed by atoms with E-state index in [-0.39, 0.29) is 23.5 Å². The van der Waals surface area contributed by atoms with Crippen molar-refractivity contribution >= 4 is 15.7 Å². The fraction of sp³-hybridized carbons (Fsp3) is 0.909. The van der Waals surface area contributed by atoms with E-state index >= 15 is 0 Å². The fourth-order valence-electron chi connectivity index (χ4n) is 1.47. The zero-order valence-electron chi connectivity index (χ0n) is 11.2. The molecule has 0 saturated carbocycles. The van der Waals surface area contributed by atoms with Crippen molar-refractivity contribution in [1.29, 1.82) is 0 Å². The lowest BCUT2D eigenvalue weighted by atomic mass is 9.93. The van der Waals surface area contributed by atoms with Crippen LogP contribution in [0.3, 0.4) is 0 Å². The molecule has 0 heterocycles. The van der Waals surface area contributed by atoms with E-state index in [1.165, 1.54) is 6.26 Å².